The van der Waals surface area contributed by atoms with E-state index in [-0.39, 0.29) is 6.54 Å². The standard InChI is InChI=1S/C11H15F3N4S/c1-15-10(17-7-3-2-4-7)16-5-9-18-8(6-19-9)11(12,13)14/h6-7H,2-5H2,1H3,(H2,15,16,17). The molecule has 106 valence electrons. The summed E-state index contributed by atoms with van der Waals surface area (Å²) in [5.74, 6) is 0.605. The van der Waals surface area contributed by atoms with E-state index in [9.17, 15) is 13.2 Å². The number of thiazole rings is 1. The SMILES string of the molecule is CN=C(NCc1nc(C(F)(F)F)cs1)NC1CCC1. The molecule has 0 unspecified atom stereocenters. The molecule has 1 fully saturated rings. The number of aliphatic imine (C=N–C) groups is 1. The molecule has 19 heavy (non-hydrogen) atoms. The molecule has 1 heterocycles. The Bertz CT molecular complexity index is 451. The minimum atomic E-state index is -4.37. The highest BCUT2D eigenvalue weighted by molar-refractivity contribution is 7.09. The second-order valence-corrected chi connectivity index (χ2v) is 5.26. The highest BCUT2D eigenvalue weighted by Gasteiger charge is 2.33. The molecule has 4 nitrogen and oxygen atoms in total. The van der Waals surface area contributed by atoms with E-state index in [2.05, 4.69) is 20.6 Å². The van der Waals surface area contributed by atoms with Crippen LogP contribution in [0.25, 0.3) is 0 Å². The molecule has 0 radical (unpaired) electrons. The number of rotatable bonds is 3. The van der Waals surface area contributed by atoms with E-state index in [0.29, 0.717) is 17.0 Å². The maximum absolute atomic E-state index is 12.4. The van der Waals surface area contributed by atoms with E-state index >= 15 is 0 Å². The number of halogens is 3. The van der Waals surface area contributed by atoms with Crippen molar-refractivity contribution in [2.24, 2.45) is 4.99 Å². The maximum Gasteiger partial charge on any atom is 0.434 e. The average molecular weight is 292 g/mol. The lowest BCUT2D eigenvalue weighted by atomic mass is 9.93. The van der Waals surface area contributed by atoms with E-state index in [1.807, 2.05) is 0 Å². The highest BCUT2D eigenvalue weighted by atomic mass is 32.1. The van der Waals surface area contributed by atoms with Gasteiger partial charge >= 0.3 is 6.18 Å². The van der Waals surface area contributed by atoms with Crippen LogP contribution in [0.5, 0.6) is 0 Å². The van der Waals surface area contributed by atoms with Gasteiger partial charge in [0.1, 0.15) is 5.01 Å². The van der Waals surface area contributed by atoms with Crippen molar-refractivity contribution in [2.45, 2.75) is 38.0 Å². The smallest absolute Gasteiger partial charge is 0.354 e. The van der Waals surface area contributed by atoms with Crippen LogP contribution in [0.15, 0.2) is 10.4 Å². The molecule has 0 saturated heterocycles. The summed E-state index contributed by atoms with van der Waals surface area (Å²) < 4.78 is 37.1. The van der Waals surface area contributed by atoms with Crippen LogP contribution in [0.4, 0.5) is 13.2 Å². The third-order valence-electron chi connectivity index (χ3n) is 2.92. The first-order valence-corrected chi connectivity index (χ1v) is 6.86. The summed E-state index contributed by atoms with van der Waals surface area (Å²) in [5.41, 5.74) is -0.837. The fraction of sp³-hybridized carbons (Fsp3) is 0.636. The van der Waals surface area contributed by atoms with Crippen molar-refractivity contribution in [2.75, 3.05) is 7.05 Å². The van der Waals surface area contributed by atoms with Gasteiger partial charge in [0, 0.05) is 18.5 Å². The van der Waals surface area contributed by atoms with Crippen LogP contribution >= 0.6 is 11.3 Å². The molecule has 0 amide bonds. The molecule has 0 spiro atoms. The third-order valence-corrected chi connectivity index (χ3v) is 3.77. The van der Waals surface area contributed by atoms with E-state index in [1.54, 1.807) is 7.05 Å². The van der Waals surface area contributed by atoms with E-state index < -0.39 is 11.9 Å². The van der Waals surface area contributed by atoms with Crippen molar-refractivity contribution in [1.82, 2.24) is 15.6 Å². The molecule has 1 saturated carbocycles. The van der Waals surface area contributed by atoms with Crippen molar-refractivity contribution in [3.05, 3.63) is 16.1 Å². The number of nitrogens with one attached hydrogen (secondary N) is 2. The first-order chi connectivity index (χ1) is 8.99. The van der Waals surface area contributed by atoms with Crippen molar-refractivity contribution >= 4 is 17.3 Å². The second kappa shape index (κ2) is 5.77. The number of hydrogen-bond acceptors (Lipinski definition) is 3. The van der Waals surface area contributed by atoms with Crippen LogP contribution in [0.2, 0.25) is 0 Å². The lowest BCUT2D eigenvalue weighted by Gasteiger charge is -2.28. The Hall–Kier alpha value is -1.31. The van der Waals surface area contributed by atoms with Crippen LogP contribution in [-0.2, 0) is 12.7 Å². The van der Waals surface area contributed by atoms with Crippen LogP contribution in [0.3, 0.4) is 0 Å². The summed E-state index contributed by atoms with van der Waals surface area (Å²) >= 11 is 0.991. The number of aromatic nitrogens is 1. The molecule has 1 aromatic rings. The molecular weight excluding hydrogens is 277 g/mol. The van der Waals surface area contributed by atoms with Crippen molar-refractivity contribution in [3.8, 4) is 0 Å². The van der Waals surface area contributed by atoms with Gasteiger partial charge in [-0.05, 0) is 19.3 Å². The van der Waals surface area contributed by atoms with E-state index in [0.717, 1.165) is 29.6 Å². The zero-order valence-corrected chi connectivity index (χ0v) is 11.2. The summed E-state index contributed by atoms with van der Waals surface area (Å²) in [4.78, 5) is 7.58. The predicted octanol–water partition coefficient (Wildman–Crippen LogP) is 2.38. The zero-order valence-electron chi connectivity index (χ0n) is 10.4. The summed E-state index contributed by atoms with van der Waals surface area (Å²) in [6, 6.07) is 0.424. The third kappa shape index (κ3) is 3.82. The molecule has 0 aliphatic heterocycles. The Balaban J connectivity index is 1.85. The Kier molecular flexibility index (Phi) is 4.28. The quantitative estimate of drug-likeness (QED) is 0.664. The van der Waals surface area contributed by atoms with Gasteiger partial charge in [-0.2, -0.15) is 13.2 Å². The monoisotopic (exact) mass is 292 g/mol. The minimum Gasteiger partial charge on any atom is -0.354 e. The van der Waals surface area contributed by atoms with Crippen LogP contribution in [-0.4, -0.2) is 24.0 Å². The number of hydrogen-bond donors (Lipinski definition) is 2. The topological polar surface area (TPSA) is 49.3 Å². The van der Waals surface area contributed by atoms with Crippen LogP contribution in [0, 0.1) is 0 Å². The Morgan fingerprint density at radius 3 is 2.74 bits per heavy atom. The van der Waals surface area contributed by atoms with Crippen LogP contribution in [0.1, 0.15) is 30.0 Å². The summed E-state index contributed by atoms with van der Waals surface area (Å²) in [6.07, 6.45) is -0.955. The molecule has 8 heteroatoms. The van der Waals surface area contributed by atoms with Crippen LogP contribution < -0.4 is 10.6 Å². The van der Waals surface area contributed by atoms with Gasteiger partial charge in [-0.25, -0.2) is 4.98 Å². The first-order valence-electron chi connectivity index (χ1n) is 5.98. The van der Waals surface area contributed by atoms with Crippen molar-refractivity contribution in [1.29, 1.82) is 0 Å². The molecule has 0 bridgehead atoms. The fourth-order valence-corrected chi connectivity index (χ4v) is 2.36. The van der Waals surface area contributed by atoms with E-state index in [4.69, 9.17) is 0 Å². The van der Waals surface area contributed by atoms with Gasteiger partial charge in [-0.1, -0.05) is 0 Å². The number of nitrogens with zero attached hydrogens (tertiary/aromatic N) is 2. The van der Waals surface area contributed by atoms with Crippen molar-refractivity contribution < 1.29 is 13.2 Å². The lowest BCUT2D eigenvalue weighted by Crippen LogP contribution is -2.46. The molecule has 2 N–H and O–H groups in total. The summed E-state index contributed by atoms with van der Waals surface area (Å²) in [7, 11) is 1.64. The van der Waals surface area contributed by atoms with Gasteiger partial charge in [-0.3, -0.25) is 4.99 Å². The van der Waals surface area contributed by atoms with Gasteiger partial charge < -0.3 is 10.6 Å². The van der Waals surface area contributed by atoms with Gasteiger partial charge in [-0.15, -0.1) is 11.3 Å². The fourth-order valence-electron chi connectivity index (χ4n) is 1.62. The van der Waals surface area contributed by atoms with Gasteiger partial charge in [0.2, 0.25) is 0 Å². The summed E-state index contributed by atoms with van der Waals surface area (Å²) in [6.45, 7) is 0.243. The molecular formula is C11H15F3N4S. The number of guanidine groups is 1. The molecule has 0 aromatic carbocycles. The lowest BCUT2D eigenvalue weighted by molar-refractivity contribution is -0.140. The molecule has 1 aromatic heterocycles. The Morgan fingerprint density at radius 1 is 1.53 bits per heavy atom. The minimum absolute atomic E-state index is 0.243. The zero-order chi connectivity index (χ0) is 13.9. The van der Waals surface area contributed by atoms with Crippen molar-refractivity contribution in [3.63, 3.8) is 0 Å². The first kappa shape index (κ1) is 14.1. The normalized spacial score (nSPS) is 17.2. The largest absolute Gasteiger partial charge is 0.434 e. The molecule has 1 aliphatic carbocycles. The number of alkyl halides is 3. The molecule has 1 aliphatic rings. The maximum atomic E-state index is 12.4. The second-order valence-electron chi connectivity index (χ2n) is 4.32. The highest BCUT2D eigenvalue weighted by Crippen LogP contribution is 2.29. The molecule has 2 rings (SSSR count). The van der Waals surface area contributed by atoms with E-state index in [1.165, 1.54) is 6.42 Å². The summed E-state index contributed by atoms with van der Waals surface area (Å²) in [5, 5.41) is 7.59. The average Bonchev–Trinajstić information content (AvgIpc) is 2.75. The Labute approximate surface area is 113 Å². The Morgan fingerprint density at radius 2 is 2.26 bits per heavy atom. The van der Waals surface area contributed by atoms with Gasteiger partial charge in [0.15, 0.2) is 11.7 Å². The van der Waals surface area contributed by atoms with Gasteiger partial charge in [0.25, 0.3) is 0 Å². The predicted molar refractivity (Wildman–Crippen MR) is 68.1 cm³/mol. The molecule has 0 atom stereocenters. The van der Waals surface area contributed by atoms with Gasteiger partial charge in [0.05, 0.1) is 6.54 Å².